The molecule has 4 aromatic carbocycles. The van der Waals surface area contributed by atoms with Crippen molar-refractivity contribution in [2.45, 2.75) is 90.1 Å². The Bertz CT molecular complexity index is 2420. The van der Waals surface area contributed by atoms with E-state index in [4.69, 9.17) is 19.9 Å². The fourth-order valence-electron chi connectivity index (χ4n) is 4.66. The Morgan fingerprint density at radius 2 is 0.806 bits per heavy atom. The largest absolute Gasteiger partial charge is 0.508 e. The summed E-state index contributed by atoms with van der Waals surface area (Å²) in [6.45, 7) is 6.86. The highest BCUT2D eigenvalue weighted by atomic mass is 32.2. The number of anilines is 3. The lowest BCUT2D eigenvalue weighted by Gasteiger charge is -2.09. The molecule has 348 valence electrons. The predicted octanol–water partition coefficient (Wildman–Crippen LogP) is 7.16. The van der Waals surface area contributed by atoms with Crippen LogP contribution in [0.15, 0.2) is 84.9 Å². The van der Waals surface area contributed by atoms with Gasteiger partial charge in [-0.25, -0.2) is 25.3 Å². The van der Waals surface area contributed by atoms with Crippen molar-refractivity contribution in [3.05, 3.63) is 90.5 Å². The van der Waals surface area contributed by atoms with E-state index in [1.165, 1.54) is 63.1 Å². The number of phenols is 6. The Balaban J connectivity index is 0.000000433. The first kappa shape index (κ1) is 54.9. The third kappa shape index (κ3) is 23.7. The molecule has 4 aromatic rings. The molecule has 0 fully saturated rings. The van der Waals surface area contributed by atoms with E-state index < -0.39 is 45.4 Å². The van der Waals surface area contributed by atoms with E-state index in [0.717, 1.165) is 43.9 Å². The first-order chi connectivity index (χ1) is 28.8. The van der Waals surface area contributed by atoms with E-state index in [0.29, 0.717) is 18.4 Å². The molecule has 0 radical (unpaired) electrons. The maximum Gasteiger partial charge on any atom is 0.267 e. The van der Waals surface area contributed by atoms with Crippen LogP contribution in [0, 0.1) is 0 Å². The van der Waals surface area contributed by atoms with E-state index in [1.807, 2.05) is 6.92 Å². The molecule has 0 amide bonds. The van der Waals surface area contributed by atoms with Crippen LogP contribution in [0.5, 0.6) is 34.5 Å². The maximum absolute atomic E-state index is 11.9. The molecule has 0 aromatic heterocycles. The third-order valence-corrected chi connectivity index (χ3v) is 13.2. The summed E-state index contributed by atoms with van der Waals surface area (Å²) in [5.41, 5.74) is 0.852. The van der Waals surface area contributed by atoms with Gasteiger partial charge in [0.2, 0.25) is 30.1 Å². The molecule has 0 aliphatic rings. The van der Waals surface area contributed by atoms with E-state index in [1.54, 1.807) is 30.3 Å². The standard InChI is InChI=1S/C14H23NO4S.C13H13NO4S.C10H15NO4S.C3H8O3S/c1-2-3-4-5-6-7-10-20(18,19)15-13-9-8-12(16)11-14(13)17;15-11-6-7-12(13(16)8-11)14-19(17,18)9-10-4-2-1-3-5-10;1-2-3-6-16(14,15)11-9-5-4-8(12)7-10(9)13;1-3(2)7(4,5)6/h8-9,11,15-17H,2-7,10H2,1H3;1-8,14-16H,9H2;4-5,7,11-13H,2-3,6H2,1H3;3H,1-2H3,(H,4,5,6). The molecule has 0 spiro atoms. The van der Waals surface area contributed by atoms with Gasteiger partial charge < -0.3 is 30.6 Å². The van der Waals surface area contributed by atoms with Crippen molar-refractivity contribution in [1.82, 2.24) is 0 Å². The Morgan fingerprint density at radius 3 is 1.16 bits per heavy atom. The molecule has 0 atom stereocenters. The molecule has 22 heteroatoms. The molecule has 0 aliphatic heterocycles. The quantitative estimate of drug-likeness (QED) is 0.0193. The van der Waals surface area contributed by atoms with E-state index in [9.17, 15) is 49.0 Å². The second-order valence-electron chi connectivity index (χ2n) is 14.0. The first-order valence-corrected chi connectivity index (χ1v) is 25.8. The molecule has 18 nitrogen and oxygen atoms in total. The molecule has 0 unspecified atom stereocenters. The van der Waals surface area contributed by atoms with Crippen molar-refractivity contribution in [3.8, 4) is 34.5 Å². The smallest absolute Gasteiger partial charge is 0.267 e. The monoisotopic (exact) mass is 949 g/mol. The summed E-state index contributed by atoms with van der Waals surface area (Å²) in [6.07, 6.45) is 7.39. The highest BCUT2D eigenvalue weighted by molar-refractivity contribution is 7.93. The molecule has 62 heavy (non-hydrogen) atoms. The van der Waals surface area contributed by atoms with Crippen LogP contribution >= 0.6 is 0 Å². The number of hydrogen-bond donors (Lipinski definition) is 10. The first-order valence-electron chi connectivity index (χ1n) is 19.4. The fourth-order valence-corrected chi connectivity index (χ4v) is 8.34. The maximum atomic E-state index is 11.9. The van der Waals surface area contributed by atoms with Crippen LogP contribution < -0.4 is 14.2 Å². The van der Waals surface area contributed by atoms with Gasteiger partial charge in [0, 0.05) is 18.2 Å². The highest BCUT2D eigenvalue weighted by Crippen LogP contribution is 2.30. The summed E-state index contributed by atoms with van der Waals surface area (Å²) >= 11 is 0. The number of rotatable bonds is 19. The summed E-state index contributed by atoms with van der Waals surface area (Å²) in [5, 5.41) is 55.1. The SMILES string of the molecule is CC(C)S(=O)(=O)O.CCCCCCCCS(=O)(=O)Nc1ccc(O)cc1O.CCCCS(=O)(=O)Nc1ccc(O)cc1O.O=S(=O)(Cc1ccccc1)Nc1ccc(O)cc1O. The van der Waals surface area contributed by atoms with E-state index in [2.05, 4.69) is 21.1 Å². The normalized spacial score (nSPS) is 11.5. The fraction of sp³-hybridized carbons (Fsp3) is 0.400. The molecule has 0 saturated heterocycles. The highest BCUT2D eigenvalue weighted by Gasteiger charge is 2.16. The number of nitrogens with one attached hydrogen (secondary N) is 3. The third-order valence-electron chi connectivity index (χ3n) is 8.07. The Labute approximate surface area is 365 Å². The van der Waals surface area contributed by atoms with Crippen LogP contribution in [0.2, 0.25) is 0 Å². The number of hydrogen-bond acceptors (Lipinski definition) is 14. The van der Waals surface area contributed by atoms with Gasteiger partial charge >= 0.3 is 0 Å². The molecular formula is C40H59N3O15S4. The summed E-state index contributed by atoms with van der Waals surface area (Å²) < 4.78 is 105. The summed E-state index contributed by atoms with van der Waals surface area (Å²) in [6, 6.07) is 19.8. The predicted molar refractivity (Wildman–Crippen MR) is 242 cm³/mol. The van der Waals surface area contributed by atoms with Crippen molar-refractivity contribution >= 4 is 57.3 Å². The lowest BCUT2D eigenvalue weighted by atomic mass is 10.1. The second kappa shape index (κ2) is 26.3. The molecular weight excluding hydrogens is 891 g/mol. The van der Waals surface area contributed by atoms with Gasteiger partial charge in [0.1, 0.15) is 34.5 Å². The molecule has 4 rings (SSSR count). The minimum atomic E-state index is -3.74. The molecule has 0 bridgehead atoms. The Morgan fingerprint density at radius 1 is 0.468 bits per heavy atom. The Hall–Kier alpha value is -5.16. The number of phenolic OH excluding ortho intramolecular Hbond substituents is 6. The van der Waals surface area contributed by atoms with E-state index >= 15 is 0 Å². The average Bonchev–Trinajstić information content (AvgIpc) is 3.16. The van der Waals surface area contributed by atoms with Crippen molar-refractivity contribution in [3.63, 3.8) is 0 Å². The van der Waals surface area contributed by atoms with Gasteiger partial charge in [0.25, 0.3) is 10.1 Å². The zero-order valence-electron chi connectivity index (χ0n) is 35.0. The molecule has 0 heterocycles. The van der Waals surface area contributed by atoms with Gasteiger partial charge in [-0.2, -0.15) is 8.42 Å². The summed E-state index contributed by atoms with van der Waals surface area (Å²) in [4.78, 5) is 0. The molecule has 10 N–H and O–H groups in total. The van der Waals surface area contributed by atoms with Gasteiger partial charge in [-0.05, 0) is 68.7 Å². The van der Waals surface area contributed by atoms with Gasteiger partial charge in [-0.3, -0.25) is 18.7 Å². The van der Waals surface area contributed by atoms with Crippen LogP contribution in [0.25, 0.3) is 0 Å². The van der Waals surface area contributed by atoms with Gasteiger partial charge in [0.05, 0.1) is 39.6 Å². The number of sulfonamides is 3. The van der Waals surface area contributed by atoms with Gasteiger partial charge in [0.15, 0.2) is 0 Å². The van der Waals surface area contributed by atoms with Crippen molar-refractivity contribution in [1.29, 1.82) is 0 Å². The number of aromatic hydroxyl groups is 6. The lowest BCUT2D eigenvalue weighted by molar-refractivity contribution is 0.451. The summed E-state index contributed by atoms with van der Waals surface area (Å²) in [5.74, 6) is -1.38. The number of unbranched alkanes of at least 4 members (excludes halogenated alkanes) is 6. The van der Waals surface area contributed by atoms with Gasteiger partial charge in [-0.1, -0.05) is 82.7 Å². The van der Waals surface area contributed by atoms with Crippen LogP contribution in [-0.2, 0) is 45.9 Å². The minimum absolute atomic E-state index is 0.0177. The van der Waals surface area contributed by atoms with Crippen molar-refractivity contribution in [2.75, 3.05) is 25.7 Å². The van der Waals surface area contributed by atoms with Crippen LogP contribution in [0.3, 0.4) is 0 Å². The Kier molecular flexibility index (Phi) is 23.3. The topological polar surface area (TPSA) is 314 Å². The number of benzene rings is 4. The second-order valence-corrected chi connectivity index (χ2v) is 21.4. The zero-order chi connectivity index (χ0) is 47.1. The van der Waals surface area contributed by atoms with E-state index in [-0.39, 0.29) is 68.8 Å². The molecule has 0 saturated carbocycles. The average molecular weight is 950 g/mol. The van der Waals surface area contributed by atoms with Crippen molar-refractivity contribution < 1.29 is 68.9 Å². The van der Waals surface area contributed by atoms with Crippen molar-refractivity contribution in [2.24, 2.45) is 0 Å². The lowest BCUT2D eigenvalue weighted by Crippen LogP contribution is -2.16. The summed E-state index contributed by atoms with van der Waals surface area (Å²) in [7, 11) is -14.2. The molecule has 0 aliphatic carbocycles. The zero-order valence-corrected chi connectivity index (χ0v) is 38.2. The minimum Gasteiger partial charge on any atom is -0.508 e. The van der Waals surface area contributed by atoms with Gasteiger partial charge in [-0.15, -0.1) is 0 Å². The van der Waals surface area contributed by atoms with Crippen LogP contribution in [0.1, 0.15) is 84.6 Å². The van der Waals surface area contributed by atoms with Crippen LogP contribution in [0.4, 0.5) is 17.1 Å². The van der Waals surface area contributed by atoms with Crippen LogP contribution in [-0.4, -0.2) is 85.6 Å².